The molecule has 1 aliphatic rings. The third-order valence-electron chi connectivity index (χ3n) is 5.37. The first kappa shape index (κ1) is 35.8. The van der Waals surface area contributed by atoms with Crippen LogP contribution in [0.4, 0.5) is 20.1 Å². The van der Waals surface area contributed by atoms with Gasteiger partial charge in [0.25, 0.3) is 0 Å². The first-order valence-corrected chi connectivity index (χ1v) is 12.9. The number of benzene rings is 1. The lowest BCUT2D eigenvalue weighted by molar-refractivity contribution is -0.387. The zero-order valence-electron chi connectivity index (χ0n) is 23.8. The highest BCUT2D eigenvalue weighted by atomic mass is 16.8. The monoisotopic (exact) mass is 637 g/mol. The molecule has 0 aliphatic carbocycles. The van der Waals surface area contributed by atoms with Crippen molar-refractivity contribution in [1.82, 2.24) is 0 Å². The molecule has 2 rings (SSSR count). The summed E-state index contributed by atoms with van der Waals surface area (Å²) in [5.74, 6) is -1.71. The van der Waals surface area contributed by atoms with Gasteiger partial charge < -0.3 is 47.7 Å². The second kappa shape index (κ2) is 18.3. The molecule has 0 radical (unpaired) electrons. The van der Waals surface area contributed by atoms with Crippen molar-refractivity contribution in [3.63, 3.8) is 0 Å². The normalized spacial score (nSPS) is 20.2. The molecule has 45 heavy (non-hydrogen) atoms. The van der Waals surface area contributed by atoms with E-state index in [1.54, 1.807) is 0 Å². The van der Waals surface area contributed by atoms with Crippen molar-refractivity contribution in [2.24, 2.45) is 0 Å². The van der Waals surface area contributed by atoms with Crippen LogP contribution in [0.3, 0.4) is 0 Å². The molecule has 0 aromatic heterocycles. The molecule has 0 spiro atoms. The van der Waals surface area contributed by atoms with Crippen LogP contribution >= 0.6 is 0 Å². The highest BCUT2D eigenvalue weighted by Crippen LogP contribution is 2.35. The van der Waals surface area contributed by atoms with Gasteiger partial charge in [-0.1, -0.05) is 56.7 Å². The second-order valence-corrected chi connectivity index (χ2v) is 8.48. The van der Waals surface area contributed by atoms with Crippen LogP contribution in [0, 0.1) is 10.1 Å². The summed E-state index contributed by atoms with van der Waals surface area (Å²) in [4.78, 5) is 61.8. The van der Waals surface area contributed by atoms with Crippen LogP contribution in [0.2, 0.25) is 0 Å². The molecule has 1 aliphatic heterocycles. The second-order valence-electron chi connectivity index (χ2n) is 8.48. The third-order valence-corrected chi connectivity index (χ3v) is 5.37. The highest BCUT2D eigenvalue weighted by Gasteiger charge is 2.57. The van der Waals surface area contributed by atoms with Gasteiger partial charge in [0.2, 0.25) is 12.4 Å². The number of hydrogen-bond donors (Lipinski definition) is 1. The Morgan fingerprint density at radius 1 is 0.800 bits per heavy atom. The number of rotatable bonds is 16. The van der Waals surface area contributed by atoms with Gasteiger partial charge in [-0.2, -0.15) is 0 Å². The van der Waals surface area contributed by atoms with Gasteiger partial charge in [-0.15, -0.1) is 0 Å². The maximum Gasteiger partial charge on any atom is 0.509 e. The molecule has 5 unspecified atom stereocenters. The van der Waals surface area contributed by atoms with E-state index in [4.69, 9.17) is 42.6 Å². The van der Waals surface area contributed by atoms with Crippen LogP contribution in [0.25, 0.3) is 0 Å². The number of nitro groups is 1. The van der Waals surface area contributed by atoms with E-state index >= 15 is 0 Å². The predicted octanol–water partition coefficient (Wildman–Crippen LogP) is 3.04. The van der Waals surface area contributed by atoms with Crippen molar-refractivity contribution < 1.29 is 71.8 Å². The number of carbonyl (C=O) groups excluding carboxylic acids is 4. The summed E-state index contributed by atoms with van der Waals surface area (Å²) in [5, 5.41) is 21.2. The van der Waals surface area contributed by atoms with E-state index in [-0.39, 0.29) is 32.0 Å². The number of carbonyl (C=O) groups is 4. The zero-order chi connectivity index (χ0) is 33.4. The number of aliphatic hydroxyl groups is 1. The number of nitro benzene ring substituents is 1. The molecule has 17 heteroatoms. The first-order chi connectivity index (χ1) is 21.6. The topological polar surface area (TPSA) is 215 Å². The Labute approximate surface area is 256 Å². The lowest BCUT2D eigenvalue weighted by Crippen LogP contribution is -2.64. The van der Waals surface area contributed by atoms with E-state index < -0.39 is 78.1 Å². The van der Waals surface area contributed by atoms with Crippen molar-refractivity contribution >= 4 is 30.1 Å². The Morgan fingerprint density at radius 3 is 1.78 bits per heavy atom. The van der Waals surface area contributed by atoms with Gasteiger partial charge >= 0.3 is 30.1 Å². The molecule has 0 saturated carbocycles. The maximum absolute atomic E-state index is 13.1. The Hall–Kier alpha value is -5.42. The summed E-state index contributed by atoms with van der Waals surface area (Å²) < 4.78 is 46.9. The van der Waals surface area contributed by atoms with Crippen molar-refractivity contribution in [3.8, 4) is 5.75 Å². The SMILES string of the molecule is C=CCOC(=O)OC1C(Oc2ccc(CO)cc2[N+](=O)[O-])OC(C(=O)OCC=C)C(OC(=O)OCC=C)C1OC(=O)OCC=C. The average Bonchev–Trinajstić information content (AvgIpc) is 3.02. The quantitative estimate of drug-likeness (QED) is 0.0906. The minimum Gasteiger partial charge on any atom is -0.459 e. The molecule has 1 saturated heterocycles. The first-order valence-electron chi connectivity index (χ1n) is 12.9. The van der Waals surface area contributed by atoms with Gasteiger partial charge in [0.1, 0.15) is 26.4 Å². The van der Waals surface area contributed by atoms with Crippen molar-refractivity contribution in [2.45, 2.75) is 37.3 Å². The third kappa shape index (κ3) is 10.7. The van der Waals surface area contributed by atoms with E-state index in [9.17, 15) is 34.4 Å². The number of aliphatic hydroxyl groups excluding tert-OH is 1. The molecule has 1 fully saturated rings. The van der Waals surface area contributed by atoms with Crippen LogP contribution in [0.1, 0.15) is 5.56 Å². The highest BCUT2D eigenvalue weighted by molar-refractivity contribution is 5.77. The van der Waals surface area contributed by atoms with Crippen molar-refractivity contribution in [1.29, 1.82) is 0 Å². The molecule has 1 aromatic rings. The van der Waals surface area contributed by atoms with Gasteiger partial charge in [0.15, 0.2) is 24.1 Å². The Balaban J connectivity index is 2.70. The molecule has 1 heterocycles. The van der Waals surface area contributed by atoms with E-state index in [0.29, 0.717) is 0 Å². The summed E-state index contributed by atoms with van der Waals surface area (Å²) >= 11 is 0. The molecular formula is C28H31NO16. The number of hydrogen-bond acceptors (Lipinski definition) is 16. The number of esters is 1. The van der Waals surface area contributed by atoms with Gasteiger partial charge in [0, 0.05) is 6.07 Å². The fourth-order valence-corrected chi connectivity index (χ4v) is 3.55. The van der Waals surface area contributed by atoms with Gasteiger partial charge in [-0.05, 0) is 11.6 Å². The van der Waals surface area contributed by atoms with E-state index in [0.717, 1.165) is 12.1 Å². The fourth-order valence-electron chi connectivity index (χ4n) is 3.55. The molecular weight excluding hydrogens is 606 g/mol. The largest absolute Gasteiger partial charge is 0.509 e. The van der Waals surface area contributed by atoms with Crippen LogP contribution in [-0.2, 0) is 49.3 Å². The molecule has 0 amide bonds. The summed E-state index contributed by atoms with van der Waals surface area (Å²) in [5.41, 5.74) is -0.527. The molecule has 244 valence electrons. The molecule has 1 aromatic carbocycles. The maximum atomic E-state index is 13.1. The van der Waals surface area contributed by atoms with Gasteiger partial charge in [-0.3, -0.25) is 10.1 Å². The summed E-state index contributed by atoms with van der Waals surface area (Å²) in [6.45, 7) is 11.7. The summed E-state index contributed by atoms with van der Waals surface area (Å²) in [7, 11) is 0. The van der Waals surface area contributed by atoms with E-state index in [1.807, 2.05) is 0 Å². The fraction of sp³-hybridized carbons (Fsp3) is 0.357. The number of ether oxygens (including phenoxy) is 9. The smallest absolute Gasteiger partial charge is 0.459 e. The predicted molar refractivity (Wildman–Crippen MR) is 149 cm³/mol. The van der Waals surface area contributed by atoms with Gasteiger partial charge in [-0.25, -0.2) is 19.2 Å². The van der Waals surface area contributed by atoms with Crippen LogP contribution in [-0.4, -0.2) is 91.6 Å². The zero-order valence-corrected chi connectivity index (χ0v) is 23.8. The van der Waals surface area contributed by atoms with Crippen LogP contribution in [0.5, 0.6) is 5.75 Å². The summed E-state index contributed by atoms with van der Waals surface area (Å²) in [6.07, 6.45) is -9.37. The lowest BCUT2D eigenvalue weighted by Gasteiger charge is -2.42. The van der Waals surface area contributed by atoms with Crippen LogP contribution < -0.4 is 4.74 Å². The van der Waals surface area contributed by atoms with Gasteiger partial charge in [0.05, 0.1) is 11.5 Å². The molecule has 0 bridgehead atoms. The van der Waals surface area contributed by atoms with Crippen LogP contribution in [0.15, 0.2) is 68.8 Å². The Morgan fingerprint density at radius 2 is 1.29 bits per heavy atom. The average molecular weight is 638 g/mol. The van der Waals surface area contributed by atoms with E-state index in [2.05, 4.69) is 26.3 Å². The minimum atomic E-state index is -2.01. The lowest BCUT2D eigenvalue weighted by atomic mass is 9.98. The van der Waals surface area contributed by atoms with Crippen molar-refractivity contribution in [3.05, 3.63) is 84.5 Å². The molecule has 1 N–H and O–H groups in total. The van der Waals surface area contributed by atoms with E-state index in [1.165, 1.54) is 30.4 Å². The van der Waals surface area contributed by atoms with Crippen molar-refractivity contribution in [2.75, 3.05) is 26.4 Å². The summed E-state index contributed by atoms with van der Waals surface area (Å²) in [6, 6.07) is 3.36. The molecule has 5 atom stereocenters. The molecule has 17 nitrogen and oxygen atoms in total. The minimum absolute atomic E-state index is 0.142. The number of nitrogens with zero attached hydrogens (tertiary/aromatic N) is 1. The Bertz CT molecular complexity index is 1260. The Kier molecular flexibility index (Phi) is 14.5. The standard InChI is InChI=1S/C28H31NO16/c1-5-11-37-24(31)22-20(43-26(32)38-12-6-2)21(44-27(33)39-13-7-3)23(45-28(34)40-14-8-4)25(42-22)41-19-10-9-17(16-30)15-18(19)29(35)36/h5-10,15,20-23,25,30H,1-4,11-14,16H2.